The van der Waals surface area contributed by atoms with E-state index in [1.54, 1.807) is 6.92 Å². The van der Waals surface area contributed by atoms with E-state index in [9.17, 15) is 9.59 Å². The van der Waals surface area contributed by atoms with Crippen LogP contribution < -0.4 is 10.1 Å². The topological polar surface area (TPSA) is 61.9 Å². The van der Waals surface area contributed by atoms with Crippen LogP contribution in [0.25, 0.3) is 0 Å². The highest BCUT2D eigenvalue weighted by Gasteiger charge is 2.26. The van der Waals surface area contributed by atoms with Crippen LogP contribution in [0.15, 0.2) is 54.6 Å². The van der Waals surface area contributed by atoms with Crippen molar-refractivity contribution in [1.82, 2.24) is 9.80 Å². The number of piperazine rings is 1. The number of carbonyl (C=O) groups is 2. The van der Waals surface area contributed by atoms with Crippen molar-refractivity contribution in [3.8, 4) is 5.75 Å². The number of nitrogens with one attached hydrogen (secondary N) is 1. The van der Waals surface area contributed by atoms with Gasteiger partial charge in [-0.15, -0.1) is 0 Å². The molecule has 1 saturated heterocycles. The maximum atomic E-state index is 12.6. The third-order valence-corrected chi connectivity index (χ3v) is 4.79. The molecule has 2 aromatic rings. The second-order valence-corrected chi connectivity index (χ2v) is 7.09. The van der Waals surface area contributed by atoms with Gasteiger partial charge in [0.25, 0.3) is 5.91 Å². The van der Waals surface area contributed by atoms with Crippen LogP contribution >= 0.6 is 0 Å². The Morgan fingerprint density at radius 1 is 1.00 bits per heavy atom. The van der Waals surface area contributed by atoms with Crippen LogP contribution in [0.4, 0.5) is 5.69 Å². The van der Waals surface area contributed by atoms with Gasteiger partial charge in [-0.2, -0.15) is 0 Å². The van der Waals surface area contributed by atoms with Gasteiger partial charge in [-0.05, 0) is 38.1 Å². The van der Waals surface area contributed by atoms with E-state index in [4.69, 9.17) is 4.74 Å². The largest absolute Gasteiger partial charge is 0.481 e. The van der Waals surface area contributed by atoms with Crippen LogP contribution in [0, 0.1) is 6.92 Å². The van der Waals surface area contributed by atoms with Gasteiger partial charge >= 0.3 is 0 Å². The minimum Gasteiger partial charge on any atom is -0.481 e. The number of para-hydroxylation sites is 1. The van der Waals surface area contributed by atoms with E-state index in [2.05, 4.69) is 10.2 Å². The highest BCUT2D eigenvalue weighted by molar-refractivity contribution is 5.92. The summed E-state index contributed by atoms with van der Waals surface area (Å²) < 4.78 is 5.77. The van der Waals surface area contributed by atoms with E-state index in [-0.39, 0.29) is 11.8 Å². The predicted octanol–water partition coefficient (Wildman–Crippen LogP) is 2.55. The summed E-state index contributed by atoms with van der Waals surface area (Å²) in [6.45, 7) is 6.65. The molecule has 0 radical (unpaired) electrons. The molecular formula is C22H27N3O3. The molecule has 0 aliphatic carbocycles. The first-order valence-electron chi connectivity index (χ1n) is 9.60. The van der Waals surface area contributed by atoms with Crippen LogP contribution in [-0.2, 0) is 9.59 Å². The molecule has 6 heteroatoms. The van der Waals surface area contributed by atoms with Crippen LogP contribution in [0.2, 0.25) is 0 Å². The van der Waals surface area contributed by atoms with Crippen molar-refractivity contribution in [2.45, 2.75) is 20.0 Å². The average Bonchev–Trinajstić information content (AvgIpc) is 2.70. The summed E-state index contributed by atoms with van der Waals surface area (Å²) in [5, 5.41) is 2.89. The maximum absolute atomic E-state index is 12.6. The Bertz CT molecular complexity index is 784. The molecule has 0 bridgehead atoms. The molecule has 2 aromatic carbocycles. The Hall–Kier alpha value is -2.86. The third kappa shape index (κ3) is 5.57. The van der Waals surface area contributed by atoms with E-state index in [1.165, 1.54) is 0 Å². The lowest BCUT2D eigenvalue weighted by Gasteiger charge is -2.35. The van der Waals surface area contributed by atoms with E-state index in [0.717, 1.165) is 11.3 Å². The molecule has 1 aliphatic heterocycles. The zero-order chi connectivity index (χ0) is 19.9. The number of hydrogen-bond donors (Lipinski definition) is 1. The number of amides is 2. The number of rotatable bonds is 6. The molecule has 1 fully saturated rings. The molecule has 1 unspecified atom stereocenters. The lowest BCUT2D eigenvalue weighted by Crippen LogP contribution is -2.53. The summed E-state index contributed by atoms with van der Waals surface area (Å²) in [7, 11) is 0. The molecule has 1 N–H and O–H groups in total. The summed E-state index contributed by atoms with van der Waals surface area (Å²) in [5.41, 5.74) is 1.95. The number of benzene rings is 2. The Morgan fingerprint density at radius 2 is 1.64 bits per heavy atom. The lowest BCUT2D eigenvalue weighted by molar-refractivity contribution is -0.139. The van der Waals surface area contributed by atoms with Crippen LogP contribution in [0.5, 0.6) is 5.75 Å². The van der Waals surface area contributed by atoms with E-state index in [1.807, 2.05) is 66.4 Å². The van der Waals surface area contributed by atoms with E-state index in [0.29, 0.717) is 38.5 Å². The summed E-state index contributed by atoms with van der Waals surface area (Å²) >= 11 is 0. The molecule has 3 rings (SSSR count). The molecule has 0 spiro atoms. The Balaban J connectivity index is 1.43. The normalized spacial score (nSPS) is 15.7. The molecular weight excluding hydrogens is 354 g/mol. The minimum absolute atomic E-state index is 0.0195. The summed E-state index contributed by atoms with van der Waals surface area (Å²) in [5.74, 6) is 0.638. The van der Waals surface area contributed by atoms with Gasteiger partial charge in [-0.1, -0.05) is 35.9 Å². The number of hydrogen-bond acceptors (Lipinski definition) is 4. The molecule has 6 nitrogen and oxygen atoms in total. The average molecular weight is 381 g/mol. The molecule has 1 aliphatic rings. The van der Waals surface area contributed by atoms with Crippen molar-refractivity contribution in [2.75, 3.05) is 38.0 Å². The fraction of sp³-hybridized carbons (Fsp3) is 0.364. The molecule has 0 saturated carbocycles. The first-order chi connectivity index (χ1) is 13.5. The maximum Gasteiger partial charge on any atom is 0.263 e. The monoisotopic (exact) mass is 381 g/mol. The zero-order valence-corrected chi connectivity index (χ0v) is 16.4. The smallest absolute Gasteiger partial charge is 0.263 e. The van der Waals surface area contributed by atoms with Crippen molar-refractivity contribution in [1.29, 1.82) is 0 Å². The number of carbonyl (C=O) groups excluding carboxylic acids is 2. The fourth-order valence-corrected chi connectivity index (χ4v) is 3.18. The second-order valence-electron chi connectivity index (χ2n) is 7.09. The van der Waals surface area contributed by atoms with Gasteiger partial charge in [0.05, 0.1) is 6.54 Å². The van der Waals surface area contributed by atoms with Crippen molar-refractivity contribution < 1.29 is 14.3 Å². The van der Waals surface area contributed by atoms with Gasteiger partial charge < -0.3 is 15.0 Å². The van der Waals surface area contributed by atoms with Gasteiger partial charge in [-0.25, -0.2) is 0 Å². The number of aryl methyl sites for hydroxylation is 1. The molecule has 28 heavy (non-hydrogen) atoms. The third-order valence-electron chi connectivity index (χ3n) is 4.79. The number of ether oxygens (including phenoxy) is 1. The van der Waals surface area contributed by atoms with Crippen molar-refractivity contribution in [3.63, 3.8) is 0 Å². The molecule has 1 atom stereocenters. The summed E-state index contributed by atoms with van der Waals surface area (Å²) in [6, 6.07) is 17.1. The standard InChI is InChI=1S/C22H27N3O3/c1-17-8-10-20(11-9-17)28-18(2)22(27)25-14-12-24(13-15-25)16-21(26)23-19-6-4-3-5-7-19/h3-11,18H,12-16H2,1-2H3,(H,23,26). The van der Waals surface area contributed by atoms with Gasteiger partial charge in [0.15, 0.2) is 6.10 Å². The quantitative estimate of drug-likeness (QED) is 0.835. The van der Waals surface area contributed by atoms with Gasteiger partial charge in [-0.3, -0.25) is 14.5 Å². The van der Waals surface area contributed by atoms with Crippen molar-refractivity contribution in [3.05, 3.63) is 60.2 Å². The number of anilines is 1. The molecule has 2 amide bonds. The van der Waals surface area contributed by atoms with Crippen LogP contribution in [0.1, 0.15) is 12.5 Å². The number of nitrogens with zero attached hydrogens (tertiary/aromatic N) is 2. The highest BCUT2D eigenvalue weighted by atomic mass is 16.5. The second kappa shape index (κ2) is 9.37. The highest BCUT2D eigenvalue weighted by Crippen LogP contribution is 2.15. The zero-order valence-electron chi connectivity index (χ0n) is 16.4. The minimum atomic E-state index is -0.532. The Kier molecular flexibility index (Phi) is 6.66. The van der Waals surface area contributed by atoms with Crippen LogP contribution in [-0.4, -0.2) is 60.4 Å². The van der Waals surface area contributed by atoms with E-state index < -0.39 is 6.10 Å². The van der Waals surface area contributed by atoms with Gasteiger partial charge in [0.2, 0.25) is 5.91 Å². The molecule has 0 aromatic heterocycles. The first kappa shape index (κ1) is 19.9. The van der Waals surface area contributed by atoms with Crippen LogP contribution in [0.3, 0.4) is 0 Å². The predicted molar refractivity (Wildman–Crippen MR) is 109 cm³/mol. The lowest BCUT2D eigenvalue weighted by atomic mass is 10.2. The molecule has 1 heterocycles. The first-order valence-corrected chi connectivity index (χ1v) is 9.60. The van der Waals surface area contributed by atoms with Gasteiger partial charge in [0.1, 0.15) is 5.75 Å². The fourth-order valence-electron chi connectivity index (χ4n) is 3.18. The van der Waals surface area contributed by atoms with Gasteiger partial charge in [0, 0.05) is 31.9 Å². The van der Waals surface area contributed by atoms with E-state index >= 15 is 0 Å². The summed E-state index contributed by atoms with van der Waals surface area (Å²) in [4.78, 5) is 28.7. The Morgan fingerprint density at radius 3 is 2.29 bits per heavy atom. The summed E-state index contributed by atoms with van der Waals surface area (Å²) in [6.07, 6.45) is -0.532. The van der Waals surface area contributed by atoms with Crippen molar-refractivity contribution in [2.24, 2.45) is 0 Å². The SMILES string of the molecule is Cc1ccc(OC(C)C(=O)N2CCN(CC(=O)Nc3ccccc3)CC2)cc1. The van der Waals surface area contributed by atoms with Crippen molar-refractivity contribution >= 4 is 17.5 Å². The molecule has 148 valence electrons. The Labute approximate surface area is 166 Å².